The van der Waals surface area contributed by atoms with E-state index in [9.17, 15) is 37.9 Å². The van der Waals surface area contributed by atoms with E-state index in [0.717, 1.165) is 44.9 Å². The molecule has 4 N–H and O–H groups in total. The third-order valence-electron chi connectivity index (χ3n) is 10.3. The number of hydrogen-bond acceptors (Lipinski definition) is 11. The van der Waals surface area contributed by atoms with E-state index < -0.39 is 71.2 Å². The second kappa shape index (κ2) is 34.3. The summed E-state index contributed by atoms with van der Waals surface area (Å²) in [5.41, 5.74) is 0. The zero-order valence-electron chi connectivity index (χ0n) is 35.0. The molecule has 0 bridgehead atoms. The number of aliphatic hydroxyl groups is 3. The third kappa shape index (κ3) is 28.7. The van der Waals surface area contributed by atoms with E-state index >= 15 is 0 Å². The minimum atomic E-state index is -4.60. The van der Waals surface area contributed by atoms with Gasteiger partial charge in [0.05, 0.1) is 6.61 Å². The first-order valence-corrected chi connectivity index (χ1v) is 23.9. The van der Waals surface area contributed by atoms with Crippen molar-refractivity contribution in [3.05, 3.63) is 12.2 Å². The van der Waals surface area contributed by atoms with E-state index in [4.69, 9.17) is 18.9 Å². The van der Waals surface area contributed by atoms with E-state index in [0.29, 0.717) is 12.8 Å². The summed E-state index contributed by atoms with van der Waals surface area (Å²) in [6.07, 6.45) is 25.4. The lowest BCUT2D eigenvalue weighted by Crippen LogP contribution is -2.60. The van der Waals surface area contributed by atoms with Crippen LogP contribution in [0.5, 0.6) is 0 Å². The fourth-order valence-electron chi connectivity index (χ4n) is 6.85. The van der Waals surface area contributed by atoms with Crippen molar-refractivity contribution >= 4 is 22.1 Å². The van der Waals surface area contributed by atoms with Gasteiger partial charge in [-0.1, -0.05) is 154 Å². The molecule has 1 rings (SSSR count). The lowest BCUT2D eigenvalue weighted by molar-refractivity contribution is -0.297. The fourth-order valence-corrected chi connectivity index (χ4v) is 7.54. The van der Waals surface area contributed by atoms with Crippen molar-refractivity contribution in [2.45, 2.75) is 230 Å². The molecule has 0 amide bonds. The average Bonchev–Trinajstić information content (AvgIpc) is 3.16. The number of allylic oxidation sites excluding steroid dienone is 2. The topological polar surface area (TPSA) is 186 Å². The van der Waals surface area contributed by atoms with E-state index in [1.54, 1.807) is 0 Å². The maximum Gasteiger partial charge on any atom is 0.306 e. The molecule has 0 radical (unpaired) electrons. The van der Waals surface area contributed by atoms with Crippen LogP contribution in [0.2, 0.25) is 0 Å². The molecule has 330 valence electrons. The van der Waals surface area contributed by atoms with Crippen molar-refractivity contribution in [2.24, 2.45) is 0 Å². The Morgan fingerprint density at radius 2 is 1.02 bits per heavy atom. The molecular weight excluding hydrogens is 741 g/mol. The number of ether oxygens (including phenoxy) is 4. The van der Waals surface area contributed by atoms with Crippen molar-refractivity contribution < 1.29 is 56.8 Å². The quantitative estimate of drug-likeness (QED) is 0.0203. The van der Waals surface area contributed by atoms with Crippen LogP contribution in [0.3, 0.4) is 0 Å². The number of carbonyl (C=O) groups excluding carboxylic acids is 2. The van der Waals surface area contributed by atoms with Gasteiger partial charge in [-0.15, -0.1) is 0 Å². The van der Waals surface area contributed by atoms with Gasteiger partial charge < -0.3 is 34.3 Å². The molecule has 2 unspecified atom stereocenters. The largest absolute Gasteiger partial charge is 0.462 e. The van der Waals surface area contributed by atoms with E-state index in [-0.39, 0.29) is 19.4 Å². The molecule has 1 saturated heterocycles. The molecule has 1 aliphatic heterocycles. The molecule has 56 heavy (non-hydrogen) atoms. The Balaban J connectivity index is 2.47. The molecular formula is C43H80O12S. The molecule has 1 aliphatic rings. The minimum absolute atomic E-state index is 0.148. The van der Waals surface area contributed by atoms with Crippen molar-refractivity contribution in [1.29, 1.82) is 0 Å². The van der Waals surface area contributed by atoms with Gasteiger partial charge in [0, 0.05) is 12.8 Å². The molecule has 6 atom stereocenters. The normalized spacial score (nSPS) is 20.7. The average molecular weight is 821 g/mol. The molecule has 0 aliphatic carbocycles. The second-order valence-corrected chi connectivity index (χ2v) is 17.2. The first-order valence-electron chi connectivity index (χ1n) is 22.2. The fraction of sp³-hybridized carbons (Fsp3) is 0.907. The van der Waals surface area contributed by atoms with Gasteiger partial charge in [0.2, 0.25) is 0 Å². The van der Waals surface area contributed by atoms with Crippen LogP contribution in [0, 0.1) is 0 Å². The maximum absolute atomic E-state index is 12.8. The first-order chi connectivity index (χ1) is 27.0. The number of rotatable bonds is 37. The molecule has 0 spiro atoms. The zero-order chi connectivity index (χ0) is 41.3. The van der Waals surface area contributed by atoms with Gasteiger partial charge in [-0.3, -0.25) is 14.1 Å². The Morgan fingerprint density at radius 3 is 1.50 bits per heavy atom. The molecule has 1 heterocycles. The summed E-state index contributed by atoms with van der Waals surface area (Å²) < 4.78 is 54.0. The lowest BCUT2D eigenvalue weighted by atomic mass is 10.00. The molecule has 0 aromatic rings. The third-order valence-corrected chi connectivity index (χ3v) is 11.1. The highest BCUT2D eigenvalue weighted by Crippen LogP contribution is 2.24. The Kier molecular flexibility index (Phi) is 32.1. The minimum Gasteiger partial charge on any atom is -0.462 e. The molecule has 12 nitrogen and oxygen atoms in total. The van der Waals surface area contributed by atoms with E-state index in [1.165, 1.54) is 109 Å². The molecule has 0 aromatic carbocycles. The summed E-state index contributed by atoms with van der Waals surface area (Å²) in [6.45, 7) is 3.75. The van der Waals surface area contributed by atoms with Crippen LogP contribution in [0.15, 0.2) is 12.2 Å². The predicted octanol–water partition coefficient (Wildman–Crippen LogP) is 8.67. The van der Waals surface area contributed by atoms with Gasteiger partial charge in [-0.25, -0.2) is 0 Å². The van der Waals surface area contributed by atoms with Gasteiger partial charge in [0.15, 0.2) is 12.4 Å². The molecule has 1 fully saturated rings. The summed E-state index contributed by atoms with van der Waals surface area (Å²) >= 11 is 0. The van der Waals surface area contributed by atoms with Gasteiger partial charge in [-0.2, -0.15) is 8.42 Å². The number of unbranched alkanes of at least 4 members (excludes halogenated alkanes) is 23. The van der Waals surface area contributed by atoms with Gasteiger partial charge in [-0.05, 0) is 38.5 Å². The molecule has 0 saturated carbocycles. The van der Waals surface area contributed by atoms with E-state index in [2.05, 4.69) is 26.0 Å². The van der Waals surface area contributed by atoms with Crippen LogP contribution in [0.4, 0.5) is 0 Å². The highest BCUT2D eigenvalue weighted by molar-refractivity contribution is 7.85. The number of hydrogen-bond donors (Lipinski definition) is 4. The summed E-state index contributed by atoms with van der Waals surface area (Å²) in [5, 5.41) is 30.8. The van der Waals surface area contributed by atoms with Gasteiger partial charge in [0.25, 0.3) is 10.1 Å². The SMILES string of the molecule is CCCCCCCCCC/C=C/CCCCCC(=O)O[C@H](COC(=O)CCCCCCCCCCCCCCC)CO[C@H]1O[C@H](CS(=O)(=O)O)[C@@H](O)C(O)C1O. The first kappa shape index (κ1) is 52.4. The second-order valence-electron chi connectivity index (χ2n) is 15.7. The zero-order valence-corrected chi connectivity index (χ0v) is 35.8. The van der Waals surface area contributed by atoms with Crippen LogP contribution < -0.4 is 0 Å². The van der Waals surface area contributed by atoms with Gasteiger partial charge >= 0.3 is 11.9 Å². The van der Waals surface area contributed by atoms with Crippen molar-refractivity contribution in [3.63, 3.8) is 0 Å². The summed E-state index contributed by atoms with van der Waals surface area (Å²) in [7, 11) is -4.60. The number of aliphatic hydroxyl groups excluding tert-OH is 3. The highest BCUT2D eigenvalue weighted by Gasteiger charge is 2.46. The standard InChI is InChI=1S/C43H80O12S/c1-3-5-7-9-11-13-15-17-18-20-22-24-26-28-30-32-39(45)54-36(34-53-43-42(48)41(47)40(46)37(55-43)35-56(49,50)51)33-52-38(44)31-29-27-25-23-21-19-16-14-12-10-8-6-4-2/h20,22,36-37,40-43,46-48H,3-19,21,23-35H2,1-2H3,(H,49,50,51)/b22-20+/t36-,37-,40-,41?,42?,43+/m1/s1. The predicted molar refractivity (Wildman–Crippen MR) is 220 cm³/mol. The van der Waals surface area contributed by atoms with Crippen LogP contribution in [-0.4, -0.2) is 96.0 Å². The summed E-state index contributed by atoms with van der Waals surface area (Å²) in [4.78, 5) is 25.3. The Labute approximate surface area is 339 Å². The van der Waals surface area contributed by atoms with E-state index in [1.807, 2.05) is 0 Å². The maximum atomic E-state index is 12.8. The van der Waals surface area contributed by atoms with Crippen LogP contribution in [0.1, 0.15) is 194 Å². The Morgan fingerprint density at radius 1 is 0.589 bits per heavy atom. The molecule has 13 heteroatoms. The summed E-state index contributed by atoms with van der Waals surface area (Å²) in [5.74, 6) is -1.99. The number of carbonyl (C=O) groups is 2. The van der Waals surface area contributed by atoms with Crippen molar-refractivity contribution in [3.8, 4) is 0 Å². The van der Waals surface area contributed by atoms with Crippen molar-refractivity contribution in [2.75, 3.05) is 19.0 Å². The highest BCUT2D eigenvalue weighted by atomic mass is 32.2. The van der Waals surface area contributed by atoms with Gasteiger partial charge in [0.1, 0.15) is 36.8 Å². The smallest absolute Gasteiger partial charge is 0.306 e. The van der Waals surface area contributed by atoms with Crippen molar-refractivity contribution in [1.82, 2.24) is 0 Å². The lowest BCUT2D eigenvalue weighted by Gasteiger charge is -2.40. The monoisotopic (exact) mass is 821 g/mol. The Bertz CT molecular complexity index is 1100. The molecule has 0 aromatic heterocycles. The number of esters is 2. The Hall–Kier alpha value is -1.61. The summed E-state index contributed by atoms with van der Waals surface area (Å²) in [6, 6.07) is 0. The van der Waals surface area contributed by atoms with Crippen LogP contribution in [0.25, 0.3) is 0 Å². The van der Waals surface area contributed by atoms with Crippen LogP contribution >= 0.6 is 0 Å². The van der Waals surface area contributed by atoms with Crippen LogP contribution in [-0.2, 0) is 38.7 Å².